The van der Waals surface area contributed by atoms with E-state index in [-0.39, 0.29) is 17.0 Å². The van der Waals surface area contributed by atoms with Crippen molar-refractivity contribution in [1.29, 1.82) is 0 Å². The number of carbonyl (C=O) groups is 1. The summed E-state index contributed by atoms with van der Waals surface area (Å²) in [7, 11) is 1.65. The molecular formula is C27H28N2O7S. The predicted octanol–water partition coefficient (Wildman–Crippen LogP) is 4.44. The van der Waals surface area contributed by atoms with E-state index in [9.17, 15) is 13.2 Å². The average molecular weight is 525 g/mol. The van der Waals surface area contributed by atoms with Gasteiger partial charge in [0.2, 0.25) is 0 Å². The Labute approximate surface area is 216 Å². The molecule has 0 aromatic heterocycles. The Morgan fingerprint density at radius 1 is 0.838 bits per heavy atom. The van der Waals surface area contributed by atoms with Crippen LogP contribution < -0.4 is 28.6 Å². The van der Waals surface area contributed by atoms with Gasteiger partial charge in [-0.05, 0) is 36.3 Å². The summed E-state index contributed by atoms with van der Waals surface area (Å²) < 4.78 is 50.7. The number of ether oxygens (including phenoxy) is 4. The van der Waals surface area contributed by atoms with Crippen LogP contribution in [0.2, 0.25) is 0 Å². The summed E-state index contributed by atoms with van der Waals surface area (Å²) in [5.74, 6) is 0.848. The molecule has 1 aliphatic rings. The van der Waals surface area contributed by atoms with E-state index in [1.807, 2.05) is 30.3 Å². The van der Waals surface area contributed by atoms with Gasteiger partial charge < -0.3 is 24.3 Å². The maximum Gasteiger partial charge on any atom is 0.270 e. The zero-order chi connectivity index (χ0) is 26.7. The van der Waals surface area contributed by atoms with Gasteiger partial charge in [-0.3, -0.25) is 9.10 Å². The van der Waals surface area contributed by atoms with Gasteiger partial charge in [0.05, 0.1) is 46.4 Å². The largest absolute Gasteiger partial charge is 0.497 e. The summed E-state index contributed by atoms with van der Waals surface area (Å²) in [4.78, 5) is 13.2. The second-order valence-electron chi connectivity index (χ2n) is 8.20. The maximum absolute atomic E-state index is 14.0. The number of rotatable bonds is 8. The van der Waals surface area contributed by atoms with Crippen LogP contribution in [0.4, 0.5) is 11.4 Å². The number of allylic oxidation sites excluding steroid dienone is 1. The number of fused-ring (bicyclic) bond motifs is 1. The number of anilines is 2. The van der Waals surface area contributed by atoms with Crippen LogP contribution in [0.25, 0.3) is 5.57 Å². The maximum atomic E-state index is 14.0. The minimum Gasteiger partial charge on any atom is -0.497 e. The third-order valence-electron chi connectivity index (χ3n) is 6.10. The van der Waals surface area contributed by atoms with Gasteiger partial charge in [-0.1, -0.05) is 30.3 Å². The normalized spacial score (nSPS) is 14.0. The highest BCUT2D eigenvalue weighted by molar-refractivity contribution is 7.97. The Bertz CT molecular complexity index is 1470. The number of benzene rings is 3. The summed E-state index contributed by atoms with van der Waals surface area (Å²) in [6.07, 6.45) is 0. The van der Waals surface area contributed by atoms with Crippen molar-refractivity contribution in [2.45, 2.75) is 13.5 Å². The molecule has 0 aliphatic carbocycles. The number of hydrogen-bond donors (Lipinski definition) is 1. The fourth-order valence-electron chi connectivity index (χ4n) is 4.22. The van der Waals surface area contributed by atoms with Gasteiger partial charge in [0.15, 0.2) is 16.4 Å². The SMILES string of the molecule is COc1ccc(NC(=O)C2=C(C)c3cc(OC)c(OC)cc3N(Cc3ccccc3)S2(=O)=O)c(OC)c1. The van der Waals surface area contributed by atoms with E-state index in [0.29, 0.717) is 39.9 Å². The first-order valence-electron chi connectivity index (χ1n) is 11.3. The molecule has 1 N–H and O–H groups in total. The van der Waals surface area contributed by atoms with E-state index in [2.05, 4.69) is 5.32 Å². The molecule has 1 aliphatic heterocycles. The van der Waals surface area contributed by atoms with Crippen molar-refractivity contribution in [3.05, 3.63) is 76.7 Å². The summed E-state index contributed by atoms with van der Waals surface area (Å²) in [6.45, 7) is 1.61. The van der Waals surface area contributed by atoms with Crippen molar-refractivity contribution in [3.8, 4) is 23.0 Å². The molecule has 1 amide bonds. The first kappa shape index (κ1) is 25.9. The highest BCUT2D eigenvalue weighted by atomic mass is 32.2. The number of amides is 1. The van der Waals surface area contributed by atoms with Crippen LogP contribution in [-0.4, -0.2) is 42.8 Å². The van der Waals surface area contributed by atoms with Crippen LogP contribution in [-0.2, 0) is 21.4 Å². The van der Waals surface area contributed by atoms with Gasteiger partial charge >= 0.3 is 0 Å². The van der Waals surface area contributed by atoms with E-state index >= 15 is 0 Å². The number of methoxy groups -OCH3 is 4. The van der Waals surface area contributed by atoms with Crippen molar-refractivity contribution in [2.75, 3.05) is 38.1 Å². The van der Waals surface area contributed by atoms with Gasteiger partial charge in [0.25, 0.3) is 15.9 Å². The predicted molar refractivity (Wildman–Crippen MR) is 142 cm³/mol. The molecule has 0 bridgehead atoms. The molecule has 0 spiro atoms. The first-order valence-corrected chi connectivity index (χ1v) is 12.8. The van der Waals surface area contributed by atoms with E-state index in [0.717, 1.165) is 5.56 Å². The zero-order valence-corrected chi connectivity index (χ0v) is 22.0. The first-order chi connectivity index (χ1) is 17.7. The number of nitrogens with zero attached hydrogens (tertiary/aromatic N) is 1. The fraction of sp³-hybridized carbons (Fsp3) is 0.222. The minimum absolute atomic E-state index is 0.0154. The number of carbonyl (C=O) groups excluding carboxylic acids is 1. The van der Waals surface area contributed by atoms with Gasteiger partial charge in [-0.25, -0.2) is 8.42 Å². The molecular weight excluding hydrogens is 496 g/mol. The van der Waals surface area contributed by atoms with Crippen LogP contribution in [0.3, 0.4) is 0 Å². The third-order valence-corrected chi connectivity index (χ3v) is 8.01. The van der Waals surface area contributed by atoms with Crippen molar-refractivity contribution >= 4 is 32.9 Å². The molecule has 0 saturated heterocycles. The van der Waals surface area contributed by atoms with Gasteiger partial charge in [-0.2, -0.15) is 0 Å². The van der Waals surface area contributed by atoms with Crippen LogP contribution in [0, 0.1) is 0 Å². The summed E-state index contributed by atoms with van der Waals surface area (Å²) >= 11 is 0. The Kier molecular flexibility index (Phi) is 7.30. The van der Waals surface area contributed by atoms with Gasteiger partial charge in [0, 0.05) is 17.7 Å². The molecule has 0 radical (unpaired) electrons. The van der Waals surface area contributed by atoms with Crippen LogP contribution in [0.1, 0.15) is 18.1 Å². The highest BCUT2D eigenvalue weighted by Gasteiger charge is 2.40. The number of nitrogens with one attached hydrogen (secondary N) is 1. The van der Waals surface area contributed by atoms with Crippen molar-refractivity contribution in [3.63, 3.8) is 0 Å². The molecule has 10 heteroatoms. The molecule has 9 nitrogen and oxygen atoms in total. The van der Waals surface area contributed by atoms with Gasteiger partial charge in [0.1, 0.15) is 11.5 Å². The molecule has 194 valence electrons. The number of hydrogen-bond acceptors (Lipinski definition) is 7. The summed E-state index contributed by atoms with van der Waals surface area (Å²) in [5.41, 5.74) is 2.26. The zero-order valence-electron chi connectivity index (χ0n) is 21.2. The lowest BCUT2D eigenvalue weighted by Crippen LogP contribution is -2.39. The topological polar surface area (TPSA) is 103 Å². The Balaban J connectivity index is 1.87. The molecule has 37 heavy (non-hydrogen) atoms. The molecule has 0 fully saturated rings. The molecule has 4 rings (SSSR count). The highest BCUT2D eigenvalue weighted by Crippen LogP contribution is 2.46. The smallest absolute Gasteiger partial charge is 0.270 e. The molecule has 0 unspecified atom stereocenters. The van der Waals surface area contributed by atoms with Crippen LogP contribution >= 0.6 is 0 Å². The van der Waals surface area contributed by atoms with Crippen LogP contribution in [0.5, 0.6) is 23.0 Å². The van der Waals surface area contributed by atoms with Crippen molar-refractivity contribution in [2.24, 2.45) is 0 Å². The van der Waals surface area contributed by atoms with Crippen molar-refractivity contribution < 1.29 is 32.2 Å². The van der Waals surface area contributed by atoms with Crippen molar-refractivity contribution in [1.82, 2.24) is 0 Å². The second-order valence-corrected chi connectivity index (χ2v) is 10.00. The van der Waals surface area contributed by atoms with E-state index < -0.39 is 15.9 Å². The monoisotopic (exact) mass is 524 g/mol. The van der Waals surface area contributed by atoms with Gasteiger partial charge in [-0.15, -0.1) is 0 Å². The Hall–Kier alpha value is -4.18. The second kappa shape index (κ2) is 10.4. The van der Waals surface area contributed by atoms with E-state index in [1.54, 1.807) is 37.3 Å². The number of sulfonamides is 1. The van der Waals surface area contributed by atoms with E-state index in [1.165, 1.54) is 32.7 Å². The molecule has 0 saturated carbocycles. The fourth-order valence-corrected chi connectivity index (χ4v) is 5.95. The quantitative estimate of drug-likeness (QED) is 0.465. The lowest BCUT2D eigenvalue weighted by Gasteiger charge is -2.33. The third kappa shape index (κ3) is 4.79. The lowest BCUT2D eigenvalue weighted by molar-refractivity contribution is -0.112. The molecule has 0 atom stereocenters. The minimum atomic E-state index is -4.28. The average Bonchev–Trinajstić information content (AvgIpc) is 2.90. The van der Waals surface area contributed by atoms with Crippen LogP contribution in [0.15, 0.2) is 65.6 Å². The summed E-state index contributed by atoms with van der Waals surface area (Å²) in [5, 5.41) is 2.70. The standard InChI is InChI=1S/C27H28N2O7S/c1-17-20-14-24(35-4)25(36-5)15-22(20)29(16-18-9-7-6-8-10-18)37(31,32)26(17)27(30)28-21-12-11-19(33-2)13-23(21)34-3/h6-15H,16H2,1-5H3,(H,28,30). The Morgan fingerprint density at radius 3 is 2.11 bits per heavy atom. The molecule has 3 aromatic carbocycles. The Morgan fingerprint density at radius 2 is 1.49 bits per heavy atom. The lowest BCUT2D eigenvalue weighted by atomic mass is 10.0. The molecule has 3 aromatic rings. The summed E-state index contributed by atoms with van der Waals surface area (Å²) in [6, 6.07) is 17.3. The molecule has 1 heterocycles. The van der Waals surface area contributed by atoms with E-state index in [4.69, 9.17) is 18.9 Å².